The summed E-state index contributed by atoms with van der Waals surface area (Å²) in [6.45, 7) is 3.66. The summed E-state index contributed by atoms with van der Waals surface area (Å²) in [5.74, 6) is 0.320. The summed E-state index contributed by atoms with van der Waals surface area (Å²) < 4.78 is 5.48. The molecule has 126 valence electrons. The van der Waals surface area contributed by atoms with Crippen molar-refractivity contribution in [3.05, 3.63) is 34.9 Å². The first-order valence-electron chi connectivity index (χ1n) is 8.77. The molecular formula is C19H26ClNO2. The minimum Gasteiger partial charge on any atom is -0.381 e. The highest BCUT2D eigenvalue weighted by Crippen LogP contribution is 2.40. The Kier molecular flexibility index (Phi) is 5.60. The lowest BCUT2D eigenvalue weighted by atomic mass is 9.72. The first-order valence-corrected chi connectivity index (χ1v) is 9.15. The summed E-state index contributed by atoms with van der Waals surface area (Å²) in [6.07, 6.45) is 7.16. The molecule has 1 amide bonds. The maximum absolute atomic E-state index is 12.4. The van der Waals surface area contributed by atoms with E-state index in [1.165, 1.54) is 18.4 Å². The summed E-state index contributed by atoms with van der Waals surface area (Å²) in [4.78, 5) is 14.5. The summed E-state index contributed by atoms with van der Waals surface area (Å²) in [7, 11) is 0. The molecule has 0 unspecified atom stereocenters. The Morgan fingerprint density at radius 3 is 2.39 bits per heavy atom. The lowest BCUT2D eigenvalue weighted by Gasteiger charge is -2.44. The molecule has 3 rings (SSSR count). The summed E-state index contributed by atoms with van der Waals surface area (Å²) in [5, 5.41) is 0.764. The highest BCUT2D eigenvalue weighted by molar-refractivity contribution is 6.30. The smallest absolute Gasteiger partial charge is 0.222 e. The average molecular weight is 336 g/mol. The van der Waals surface area contributed by atoms with E-state index in [-0.39, 0.29) is 0 Å². The standard InChI is InChI=1S/C19H26ClNO2/c20-17-6-4-16(5-7-17)2-1-3-18(22)21-12-8-19(9-13-21)10-14-23-15-11-19/h4-7H,1-3,8-15H2. The van der Waals surface area contributed by atoms with Gasteiger partial charge in [0.1, 0.15) is 0 Å². The monoisotopic (exact) mass is 335 g/mol. The first-order chi connectivity index (χ1) is 11.2. The lowest BCUT2D eigenvalue weighted by molar-refractivity contribution is -0.134. The largest absolute Gasteiger partial charge is 0.381 e. The molecule has 2 heterocycles. The average Bonchev–Trinajstić information content (AvgIpc) is 2.58. The number of rotatable bonds is 4. The molecule has 1 aromatic carbocycles. The molecule has 0 radical (unpaired) electrons. The van der Waals surface area contributed by atoms with Crippen LogP contribution in [0.1, 0.15) is 44.1 Å². The van der Waals surface area contributed by atoms with Gasteiger partial charge >= 0.3 is 0 Å². The first kappa shape index (κ1) is 16.8. The number of carbonyl (C=O) groups excluding carboxylic acids is 1. The van der Waals surface area contributed by atoms with Gasteiger partial charge < -0.3 is 9.64 Å². The second-order valence-electron chi connectivity index (χ2n) is 6.97. The van der Waals surface area contributed by atoms with E-state index >= 15 is 0 Å². The molecule has 3 nitrogen and oxygen atoms in total. The molecule has 0 atom stereocenters. The molecule has 0 bridgehead atoms. The number of carbonyl (C=O) groups is 1. The molecule has 0 aliphatic carbocycles. The maximum Gasteiger partial charge on any atom is 0.222 e. The number of piperidine rings is 1. The van der Waals surface area contributed by atoms with E-state index in [0.29, 0.717) is 17.7 Å². The molecule has 1 aromatic rings. The van der Waals surface area contributed by atoms with Crippen LogP contribution in [-0.4, -0.2) is 37.1 Å². The van der Waals surface area contributed by atoms with Crippen LogP contribution in [0.5, 0.6) is 0 Å². The Hall–Kier alpha value is -1.06. The van der Waals surface area contributed by atoms with Crippen LogP contribution in [0.3, 0.4) is 0 Å². The fourth-order valence-corrected chi connectivity index (χ4v) is 3.91. The van der Waals surface area contributed by atoms with Gasteiger partial charge in [-0.2, -0.15) is 0 Å². The normalized spacial score (nSPS) is 20.7. The fraction of sp³-hybridized carbons (Fsp3) is 0.632. The molecule has 0 N–H and O–H groups in total. The summed E-state index contributed by atoms with van der Waals surface area (Å²) >= 11 is 5.89. The van der Waals surface area contributed by atoms with Crippen LogP contribution in [0.15, 0.2) is 24.3 Å². The Morgan fingerprint density at radius 1 is 1.09 bits per heavy atom. The van der Waals surface area contributed by atoms with Crippen molar-refractivity contribution in [2.45, 2.75) is 44.9 Å². The molecular weight excluding hydrogens is 310 g/mol. The zero-order valence-electron chi connectivity index (χ0n) is 13.7. The second-order valence-corrected chi connectivity index (χ2v) is 7.41. The van der Waals surface area contributed by atoms with E-state index in [2.05, 4.69) is 4.90 Å². The highest BCUT2D eigenvalue weighted by atomic mass is 35.5. The van der Waals surface area contributed by atoms with Gasteiger partial charge in [0.05, 0.1) is 0 Å². The van der Waals surface area contributed by atoms with E-state index in [1.807, 2.05) is 24.3 Å². The van der Waals surface area contributed by atoms with Gasteiger partial charge in [-0.15, -0.1) is 0 Å². The minimum atomic E-state index is 0.320. The molecule has 0 saturated carbocycles. The van der Waals surface area contributed by atoms with E-state index in [4.69, 9.17) is 16.3 Å². The summed E-state index contributed by atoms with van der Waals surface area (Å²) in [5.41, 5.74) is 1.71. The van der Waals surface area contributed by atoms with Crippen molar-refractivity contribution in [1.29, 1.82) is 0 Å². The second kappa shape index (κ2) is 7.67. The Bertz CT molecular complexity index is 513. The van der Waals surface area contributed by atoms with E-state index in [0.717, 1.165) is 57.0 Å². The van der Waals surface area contributed by atoms with Gasteiger partial charge in [-0.25, -0.2) is 0 Å². The highest BCUT2D eigenvalue weighted by Gasteiger charge is 2.36. The van der Waals surface area contributed by atoms with E-state index < -0.39 is 0 Å². The summed E-state index contributed by atoms with van der Waals surface area (Å²) in [6, 6.07) is 7.92. The van der Waals surface area contributed by atoms with Crippen molar-refractivity contribution in [3.63, 3.8) is 0 Å². The third-order valence-corrected chi connectivity index (χ3v) is 5.75. The van der Waals surface area contributed by atoms with Gasteiger partial charge in [0, 0.05) is 37.7 Å². The Labute approximate surface area is 144 Å². The predicted octanol–water partition coefficient (Wildman–Crippen LogP) is 4.08. The van der Waals surface area contributed by atoms with Gasteiger partial charge in [0.15, 0.2) is 0 Å². The number of nitrogens with zero attached hydrogens (tertiary/aromatic N) is 1. The molecule has 1 spiro atoms. The van der Waals surface area contributed by atoms with Gasteiger partial charge in [-0.1, -0.05) is 23.7 Å². The van der Waals surface area contributed by atoms with Crippen LogP contribution in [0, 0.1) is 5.41 Å². The fourth-order valence-electron chi connectivity index (χ4n) is 3.79. The van der Waals surface area contributed by atoms with Gasteiger partial charge in [0.25, 0.3) is 0 Å². The lowest BCUT2D eigenvalue weighted by Crippen LogP contribution is -2.45. The zero-order chi connectivity index (χ0) is 16.1. The van der Waals surface area contributed by atoms with Crippen molar-refractivity contribution in [3.8, 4) is 0 Å². The number of aryl methyl sites for hydroxylation is 1. The van der Waals surface area contributed by atoms with Gasteiger partial charge in [-0.3, -0.25) is 4.79 Å². The molecule has 0 aromatic heterocycles. The van der Waals surface area contributed by atoms with E-state index in [9.17, 15) is 4.79 Å². The van der Waals surface area contributed by atoms with Gasteiger partial charge in [0.2, 0.25) is 5.91 Å². The number of benzene rings is 1. The topological polar surface area (TPSA) is 29.5 Å². The quantitative estimate of drug-likeness (QED) is 0.829. The molecule has 23 heavy (non-hydrogen) atoms. The predicted molar refractivity (Wildman–Crippen MR) is 92.7 cm³/mol. The number of likely N-dealkylation sites (tertiary alicyclic amines) is 1. The van der Waals surface area contributed by atoms with Crippen LogP contribution in [0.4, 0.5) is 0 Å². The number of ether oxygens (including phenoxy) is 1. The van der Waals surface area contributed by atoms with Crippen molar-refractivity contribution < 1.29 is 9.53 Å². The molecule has 2 aliphatic heterocycles. The van der Waals surface area contributed by atoms with Crippen LogP contribution in [0.25, 0.3) is 0 Å². The van der Waals surface area contributed by atoms with Crippen molar-refractivity contribution in [1.82, 2.24) is 4.90 Å². The number of halogens is 1. The molecule has 2 fully saturated rings. The van der Waals surface area contributed by atoms with Crippen molar-refractivity contribution >= 4 is 17.5 Å². The van der Waals surface area contributed by atoms with Crippen LogP contribution in [-0.2, 0) is 16.0 Å². The zero-order valence-corrected chi connectivity index (χ0v) is 14.5. The minimum absolute atomic E-state index is 0.320. The van der Waals surface area contributed by atoms with Gasteiger partial charge in [-0.05, 0) is 61.6 Å². The third kappa shape index (κ3) is 4.48. The Balaban J connectivity index is 1.40. The third-order valence-electron chi connectivity index (χ3n) is 5.50. The van der Waals surface area contributed by atoms with Crippen LogP contribution >= 0.6 is 11.6 Å². The van der Waals surface area contributed by atoms with E-state index in [1.54, 1.807) is 0 Å². The van der Waals surface area contributed by atoms with Crippen LogP contribution in [0.2, 0.25) is 5.02 Å². The molecule has 2 saturated heterocycles. The van der Waals surface area contributed by atoms with Crippen molar-refractivity contribution in [2.24, 2.45) is 5.41 Å². The Morgan fingerprint density at radius 2 is 1.74 bits per heavy atom. The number of hydrogen-bond donors (Lipinski definition) is 0. The molecule has 4 heteroatoms. The molecule has 2 aliphatic rings. The van der Waals surface area contributed by atoms with Crippen LogP contribution < -0.4 is 0 Å². The SMILES string of the molecule is O=C(CCCc1ccc(Cl)cc1)N1CCC2(CCOCC2)CC1. The maximum atomic E-state index is 12.4. The van der Waals surface area contributed by atoms with Crippen molar-refractivity contribution in [2.75, 3.05) is 26.3 Å². The number of amides is 1. The number of hydrogen-bond acceptors (Lipinski definition) is 2.